The summed E-state index contributed by atoms with van der Waals surface area (Å²) in [5.41, 5.74) is 0.915. The zero-order chi connectivity index (χ0) is 22.0. The number of nitrogens with zero attached hydrogens (tertiary/aromatic N) is 1. The number of benzene rings is 1. The number of epoxide rings is 1. The highest BCUT2D eigenvalue weighted by Gasteiger charge is 2.65. The van der Waals surface area contributed by atoms with E-state index in [1.54, 1.807) is 0 Å². The first-order chi connectivity index (χ1) is 15.4. The molecule has 0 amide bonds. The molecule has 5 aliphatic rings. The molecule has 1 spiro atoms. The Morgan fingerprint density at radius 2 is 1.88 bits per heavy atom. The summed E-state index contributed by atoms with van der Waals surface area (Å²) in [6.45, 7) is 5.79. The number of fused-ring (bicyclic) bond motifs is 3. The molecule has 5 nitrogen and oxygen atoms in total. The molecule has 174 valence electrons. The van der Waals surface area contributed by atoms with Crippen LogP contribution in [0.15, 0.2) is 30.3 Å². The third-order valence-corrected chi connectivity index (χ3v) is 9.70. The first-order valence-corrected chi connectivity index (χ1v) is 12.7. The van der Waals surface area contributed by atoms with Crippen LogP contribution in [0, 0.1) is 23.2 Å². The van der Waals surface area contributed by atoms with Gasteiger partial charge in [0.15, 0.2) is 0 Å². The van der Waals surface area contributed by atoms with Gasteiger partial charge >= 0.3 is 5.97 Å². The van der Waals surface area contributed by atoms with Gasteiger partial charge < -0.3 is 19.5 Å². The van der Waals surface area contributed by atoms with Crippen molar-refractivity contribution in [3.63, 3.8) is 0 Å². The molecule has 1 aromatic carbocycles. The van der Waals surface area contributed by atoms with Crippen LogP contribution >= 0.6 is 0 Å². The SMILES string of the molecule is C[C@]12CCC[C@]3(CO3)[C@@H]1C[C@@H]1[C@H](CN3CCC(O)(Cc4ccccc4)CC3)C(=O)O[C@@H]1C2. The van der Waals surface area contributed by atoms with Gasteiger partial charge in [0.05, 0.1) is 23.7 Å². The maximum atomic E-state index is 12.9. The van der Waals surface area contributed by atoms with Crippen molar-refractivity contribution in [2.24, 2.45) is 23.2 Å². The highest BCUT2D eigenvalue weighted by atomic mass is 16.6. The molecule has 3 heterocycles. The van der Waals surface area contributed by atoms with Crippen molar-refractivity contribution in [3.8, 4) is 0 Å². The van der Waals surface area contributed by atoms with E-state index >= 15 is 0 Å². The largest absolute Gasteiger partial charge is 0.462 e. The predicted octanol–water partition coefficient (Wildman–Crippen LogP) is 3.58. The number of hydrogen-bond donors (Lipinski definition) is 1. The van der Waals surface area contributed by atoms with Gasteiger partial charge in [-0.1, -0.05) is 37.3 Å². The molecular formula is C27H37NO4. The molecule has 1 aromatic rings. The third-order valence-electron chi connectivity index (χ3n) is 9.70. The van der Waals surface area contributed by atoms with Crippen molar-refractivity contribution in [1.29, 1.82) is 0 Å². The molecule has 0 aromatic heterocycles. The quantitative estimate of drug-likeness (QED) is 0.574. The van der Waals surface area contributed by atoms with Crippen LogP contribution in [-0.4, -0.2) is 59.5 Å². The van der Waals surface area contributed by atoms with E-state index in [4.69, 9.17) is 9.47 Å². The summed E-state index contributed by atoms with van der Waals surface area (Å²) in [6, 6.07) is 10.3. The second kappa shape index (κ2) is 7.54. The summed E-state index contributed by atoms with van der Waals surface area (Å²) in [7, 11) is 0. The lowest BCUT2D eigenvalue weighted by molar-refractivity contribution is -0.147. The average Bonchev–Trinajstić information content (AvgIpc) is 3.47. The second-order valence-corrected chi connectivity index (χ2v) is 11.8. The van der Waals surface area contributed by atoms with E-state index in [0.717, 1.165) is 51.9 Å². The Morgan fingerprint density at radius 1 is 1.12 bits per heavy atom. The van der Waals surface area contributed by atoms with Crippen molar-refractivity contribution in [1.82, 2.24) is 4.90 Å². The summed E-state index contributed by atoms with van der Waals surface area (Å²) in [4.78, 5) is 15.3. The van der Waals surface area contributed by atoms with E-state index in [2.05, 4.69) is 24.0 Å². The smallest absolute Gasteiger partial charge is 0.310 e. The van der Waals surface area contributed by atoms with Crippen LogP contribution in [-0.2, 0) is 20.7 Å². The van der Waals surface area contributed by atoms with E-state index in [1.165, 1.54) is 24.8 Å². The van der Waals surface area contributed by atoms with Gasteiger partial charge in [-0.15, -0.1) is 0 Å². The average molecular weight is 440 g/mol. The van der Waals surface area contributed by atoms with Gasteiger partial charge in [-0.05, 0) is 61.8 Å². The van der Waals surface area contributed by atoms with Crippen LogP contribution in [0.4, 0.5) is 0 Å². The topological polar surface area (TPSA) is 62.3 Å². The van der Waals surface area contributed by atoms with E-state index in [9.17, 15) is 9.90 Å². The maximum absolute atomic E-state index is 12.9. The Labute approximate surface area is 191 Å². The molecule has 0 unspecified atom stereocenters. The standard InChI is InChI=1S/C27H37NO4/c1-25-8-5-9-27(18-31-27)23(25)14-20-21(24(29)32-22(20)16-25)17-28-12-10-26(30,11-13-28)15-19-6-3-2-4-7-19/h2-4,6-7,20-23,30H,5,8-18H2,1H3/t20-,21+,22-,23-,25-,27+/m1/s1. The Bertz CT molecular complexity index is 860. The summed E-state index contributed by atoms with van der Waals surface area (Å²) in [6.07, 6.45) is 8.06. The summed E-state index contributed by atoms with van der Waals surface area (Å²) in [5.74, 6) is 0.880. The first kappa shape index (κ1) is 21.1. The zero-order valence-corrected chi connectivity index (χ0v) is 19.3. The van der Waals surface area contributed by atoms with Crippen LogP contribution in [0.3, 0.4) is 0 Å². The van der Waals surface area contributed by atoms with Gasteiger partial charge in [0, 0.05) is 32.0 Å². The first-order valence-electron chi connectivity index (χ1n) is 12.7. The molecule has 0 radical (unpaired) electrons. The van der Waals surface area contributed by atoms with Gasteiger partial charge in [-0.25, -0.2) is 0 Å². The van der Waals surface area contributed by atoms with Crippen molar-refractivity contribution >= 4 is 5.97 Å². The number of likely N-dealkylation sites (tertiary alicyclic amines) is 1. The highest BCUT2D eigenvalue weighted by molar-refractivity contribution is 5.75. The Kier molecular flexibility index (Phi) is 4.98. The maximum Gasteiger partial charge on any atom is 0.310 e. The van der Waals surface area contributed by atoms with Crippen molar-refractivity contribution in [2.45, 2.75) is 75.6 Å². The molecule has 3 aliphatic heterocycles. The monoisotopic (exact) mass is 439 g/mol. The van der Waals surface area contributed by atoms with Crippen molar-refractivity contribution in [2.75, 3.05) is 26.2 Å². The van der Waals surface area contributed by atoms with Gasteiger partial charge in [-0.3, -0.25) is 4.79 Å². The number of carbonyl (C=O) groups is 1. The Hall–Kier alpha value is -1.43. The number of esters is 1. The van der Waals surface area contributed by atoms with Gasteiger partial charge in [-0.2, -0.15) is 0 Å². The molecular weight excluding hydrogens is 402 g/mol. The van der Waals surface area contributed by atoms with Crippen LogP contribution in [0.25, 0.3) is 0 Å². The number of hydrogen-bond acceptors (Lipinski definition) is 5. The second-order valence-electron chi connectivity index (χ2n) is 11.8. The number of piperidine rings is 1. The fraction of sp³-hybridized carbons (Fsp3) is 0.741. The molecule has 2 aliphatic carbocycles. The van der Waals surface area contributed by atoms with Crippen molar-refractivity contribution in [3.05, 3.63) is 35.9 Å². The highest BCUT2D eigenvalue weighted by Crippen LogP contribution is 2.62. The molecule has 0 bridgehead atoms. The van der Waals surface area contributed by atoms with Crippen LogP contribution in [0.2, 0.25) is 0 Å². The van der Waals surface area contributed by atoms with Crippen LogP contribution in [0.1, 0.15) is 57.4 Å². The molecule has 1 N–H and O–H groups in total. The molecule has 5 fully saturated rings. The lowest BCUT2D eigenvalue weighted by Crippen LogP contribution is -2.52. The summed E-state index contributed by atoms with van der Waals surface area (Å²) in [5, 5.41) is 11.1. The third kappa shape index (κ3) is 3.61. The van der Waals surface area contributed by atoms with Crippen LogP contribution < -0.4 is 0 Å². The Balaban J connectivity index is 1.10. The number of aliphatic hydroxyl groups is 1. The minimum atomic E-state index is -0.638. The number of carbonyl (C=O) groups excluding carboxylic acids is 1. The zero-order valence-electron chi connectivity index (χ0n) is 19.3. The van der Waals surface area contributed by atoms with Gasteiger partial charge in [0.1, 0.15) is 6.10 Å². The predicted molar refractivity (Wildman–Crippen MR) is 121 cm³/mol. The Morgan fingerprint density at radius 3 is 2.59 bits per heavy atom. The molecule has 5 heteroatoms. The fourth-order valence-electron chi connectivity index (χ4n) is 7.75. The van der Waals surface area contributed by atoms with E-state index in [0.29, 0.717) is 18.3 Å². The normalized spacial score (nSPS) is 42.9. The molecule has 6 atom stereocenters. The molecule has 32 heavy (non-hydrogen) atoms. The minimum Gasteiger partial charge on any atom is -0.462 e. The summed E-state index contributed by atoms with van der Waals surface area (Å²) < 4.78 is 12.0. The molecule has 6 rings (SSSR count). The van der Waals surface area contributed by atoms with E-state index in [-0.39, 0.29) is 29.0 Å². The van der Waals surface area contributed by atoms with E-state index in [1.807, 2.05) is 18.2 Å². The van der Waals surface area contributed by atoms with Crippen molar-refractivity contribution < 1.29 is 19.4 Å². The number of ether oxygens (including phenoxy) is 2. The minimum absolute atomic E-state index is 0.0122. The van der Waals surface area contributed by atoms with Gasteiger partial charge in [0.25, 0.3) is 0 Å². The molecule has 2 saturated carbocycles. The summed E-state index contributed by atoms with van der Waals surface area (Å²) >= 11 is 0. The van der Waals surface area contributed by atoms with Gasteiger partial charge in [0.2, 0.25) is 0 Å². The van der Waals surface area contributed by atoms with E-state index < -0.39 is 5.60 Å². The lowest BCUT2D eigenvalue weighted by Gasteiger charge is -2.51. The molecule has 3 saturated heterocycles. The fourth-order valence-corrected chi connectivity index (χ4v) is 7.75. The van der Waals surface area contributed by atoms with Crippen LogP contribution in [0.5, 0.6) is 0 Å². The number of rotatable bonds is 4. The lowest BCUT2D eigenvalue weighted by atomic mass is 9.53.